The summed E-state index contributed by atoms with van der Waals surface area (Å²) in [7, 11) is -0.645. The first-order valence-electron chi connectivity index (χ1n) is 4.50. The van der Waals surface area contributed by atoms with Crippen molar-refractivity contribution < 1.29 is 24.0 Å². The Hall–Kier alpha value is 0.380. The molecule has 0 atom stereocenters. The maximum Gasteiger partial charge on any atom is 0.0837 e. The second kappa shape index (κ2) is 5.98. The lowest BCUT2D eigenvalue weighted by Gasteiger charge is -2.15. The third kappa shape index (κ3) is 4.97. The van der Waals surface area contributed by atoms with Crippen molar-refractivity contribution in [1.82, 2.24) is 0 Å². The van der Waals surface area contributed by atoms with Gasteiger partial charge in [0.05, 0.1) is 12.3 Å². The average molecular weight is 308 g/mol. The standard InChI is InChI=1S/C11H18P.HI/c1-4-12(2,3)10-11-8-6-5-7-9-11;/h5-9H,4,10H2,1-3H3;1H/q+1;/p-1. The molecule has 1 rings (SSSR count). The van der Waals surface area contributed by atoms with Crippen molar-refractivity contribution in [2.24, 2.45) is 0 Å². The monoisotopic (exact) mass is 308 g/mol. The fourth-order valence-electron chi connectivity index (χ4n) is 1.19. The van der Waals surface area contributed by atoms with E-state index in [0.29, 0.717) is 0 Å². The summed E-state index contributed by atoms with van der Waals surface area (Å²) in [6.07, 6.45) is 2.65. The normalized spacial score (nSPS) is 10.7. The van der Waals surface area contributed by atoms with E-state index in [4.69, 9.17) is 0 Å². The molecule has 0 aromatic heterocycles. The molecule has 0 fully saturated rings. The molecule has 0 aliphatic rings. The van der Waals surface area contributed by atoms with Gasteiger partial charge in [-0.3, -0.25) is 0 Å². The van der Waals surface area contributed by atoms with Gasteiger partial charge in [-0.05, 0) is 12.5 Å². The molecule has 2 heteroatoms. The van der Waals surface area contributed by atoms with Gasteiger partial charge in [0, 0.05) is 20.6 Å². The summed E-state index contributed by atoms with van der Waals surface area (Å²) in [5, 5.41) is 0. The number of hydrogen-bond acceptors (Lipinski definition) is 0. The lowest BCUT2D eigenvalue weighted by Crippen LogP contribution is -3.00. The molecular weight excluding hydrogens is 290 g/mol. The Kier molecular flexibility index (Phi) is 6.15. The molecule has 0 radical (unpaired) electrons. The maximum absolute atomic E-state index is 2.43. The van der Waals surface area contributed by atoms with Crippen LogP contribution >= 0.6 is 7.26 Å². The van der Waals surface area contributed by atoms with Crippen LogP contribution in [0, 0.1) is 0 Å². The summed E-state index contributed by atoms with van der Waals surface area (Å²) < 4.78 is 0. The van der Waals surface area contributed by atoms with Crippen molar-refractivity contribution >= 4 is 7.26 Å². The molecule has 0 saturated heterocycles. The quantitative estimate of drug-likeness (QED) is 0.563. The van der Waals surface area contributed by atoms with Crippen molar-refractivity contribution in [3.05, 3.63) is 35.9 Å². The first-order valence-corrected chi connectivity index (χ1v) is 7.55. The second-order valence-electron chi connectivity index (χ2n) is 3.90. The molecule has 0 bridgehead atoms. The Balaban J connectivity index is 0.00000144. The van der Waals surface area contributed by atoms with Crippen LogP contribution in [0.4, 0.5) is 0 Å². The highest BCUT2D eigenvalue weighted by atomic mass is 127. The molecule has 0 spiro atoms. The first kappa shape index (κ1) is 13.4. The minimum atomic E-state index is -0.645. The zero-order chi connectivity index (χ0) is 9.03. The highest BCUT2D eigenvalue weighted by Gasteiger charge is 2.21. The summed E-state index contributed by atoms with van der Waals surface area (Å²) in [6.45, 7) is 7.16. The van der Waals surface area contributed by atoms with Gasteiger partial charge in [-0.15, -0.1) is 0 Å². The van der Waals surface area contributed by atoms with Crippen LogP contribution in [-0.4, -0.2) is 19.5 Å². The van der Waals surface area contributed by atoms with Gasteiger partial charge in [0.1, 0.15) is 0 Å². The Morgan fingerprint density at radius 2 is 1.62 bits per heavy atom. The molecule has 1 aromatic carbocycles. The molecule has 0 saturated carbocycles. The van der Waals surface area contributed by atoms with E-state index in [0.717, 1.165) is 0 Å². The van der Waals surface area contributed by atoms with Crippen LogP contribution in [0.3, 0.4) is 0 Å². The number of hydrogen-bond donors (Lipinski definition) is 0. The molecule has 0 unspecified atom stereocenters. The van der Waals surface area contributed by atoms with Crippen LogP contribution in [0.2, 0.25) is 0 Å². The SMILES string of the molecule is CC[P+](C)(C)Cc1ccccc1.[I-]. The van der Waals surface area contributed by atoms with E-state index in [1.165, 1.54) is 17.9 Å². The molecule has 0 amide bonds. The summed E-state index contributed by atoms with van der Waals surface area (Å²) in [5.74, 6) is 0. The largest absolute Gasteiger partial charge is 1.00 e. The van der Waals surface area contributed by atoms with Gasteiger partial charge in [0.2, 0.25) is 0 Å². The molecule has 13 heavy (non-hydrogen) atoms. The van der Waals surface area contributed by atoms with Crippen molar-refractivity contribution in [1.29, 1.82) is 0 Å². The highest BCUT2D eigenvalue weighted by Crippen LogP contribution is 2.53. The Labute approximate surface area is 99.5 Å². The Bertz CT molecular complexity index is 231. The molecule has 0 aliphatic carbocycles. The van der Waals surface area contributed by atoms with Gasteiger partial charge >= 0.3 is 0 Å². The van der Waals surface area contributed by atoms with E-state index in [1.807, 2.05) is 0 Å². The van der Waals surface area contributed by atoms with E-state index in [9.17, 15) is 0 Å². The fourth-order valence-corrected chi connectivity index (χ4v) is 2.61. The Morgan fingerprint density at radius 3 is 2.08 bits per heavy atom. The van der Waals surface area contributed by atoms with Gasteiger partial charge < -0.3 is 24.0 Å². The highest BCUT2D eigenvalue weighted by molar-refractivity contribution is 7.73. The van der Waals surface area contributed by atoms with Crippen LogP contribution in [0.15, 0.2) is 30.3 Å². The molecule has 1 aromatic rings. The van der Waals surface area contributed by atoms with Gasteiger partial charge in [-0.1, -0.05) is 30.3 Å². The molecule has 0 nitrogen and oxygen atoms in total. The lowest BCUT2D eigenvalue weighted by molar-refractivity contribution is -0.00000280. The third-order valence-corrected chi connectivity index (χ3v) is 5.24. The van der Waals surface area contributed by atoms with Crippen molar-refractivity contribution in [3.8, 4) is 0 Å². The summed E-state index contributed by atoms with van der Waals surface area (Å²) >= 11 is 0. The zero-order valence-corrected chi connectivity index (χ0v) is 11.7. The Morgan fingerprint density at radius 1 is 1.08 bits per heavy atom. The number of benzene rings is 1. The summed E-state index contributed by atoms with van der Waals surface area (Å²) in [4.78, 5) is 0. The van der Waals surface area contributed by atoms with E-state index >= 15 is 0 Å². The average Bonchev–Trinajstić information content (AvgIpc) is 2.06. The van der Waals surface area contributed by atoms with E-state index in [-0.39, 0.29) is 24.0 Å². The maximum atomic E-state index is 2.43. The summed E-state index contributed by atoms with van der Waals surface area (Å²) in [5.41, 5.74) is 1.50. The predicted octanol–water partition coefficient (Wildman–Crippen LogP) is 0.488. The number of rotatable bonds is 3. The second-order valence-corrected chi connectivity index (χ2v) is 8.72. The van der Waals surface area contributed by atoms with E-state index in [1.54, 1.807) is 0 Å². The van der Waals surface area contributed by atoms with Gasteiger partial charge in [-0.25, -0.2) is 0 Å². The fraction of sp³-hybridized carbons (Fsp3) is 0.455. The summed E-state index contributed by atoms with van der Waals surface area (Å²) in [6, 6.07) is 10.8. The minimum Gasteiger partial charge on any atom is -1.00 e. The first-order chi connectivity index (χ1) is 5.64. The molecular formula is C11H18IP. The van der Waals surface area contributed by atoms with Crippen molar-refractivity contribution in [3.63, 3.8) is 0 Å². The minimum absolute atomic E-state index is 0. The number of halogens is 1. The van der Waals surface area contributed by atoms with Crippen molar-refractivity contribution in [2.75, 3.05) is 19.5 Å². The van der Waals surface area contributed by atoms with Crippen LogP contribution in [0.25, 0.3) is 0 Å². The molecule has 0 aliphatic heterocycles. The van der Waals surface area contributed by atoms with Crippen LogP contribution in [0.5, 0.6) is 0 Å². The third-order valence-electron chi connectivity index (χ3n) is 2.31. The van der Waals surface area contributed by atoms with Crippen molar-refractivity contribution in [2.45, 2.75) is 13.1 Å². The zero-order valence-electron chi connectivity index (χ0n) is 8.63. The molecule has 0 N–H and O–H groups in total. The van der Waals surface area contributed by atoms with E-state index < -0.39 is 7.26 Å². The van der Waals surface area contributed by atoms with Crippen LogP contribution in [-0.2, 0) is 6.16 Å². The predicted molar refractivity (Wildman–Crippen MR) is 59.5 cm³/mol. The van der Waals surface area contributed by atoms with Gasteiger partial charge in [0.25, 0.3) is 0 Å². The van der Waals surface area contributed by atoms with Gasteiger partial charge in [0.15, 0.2) is 0 Å². The van der Waals surface area contributed by atoms with E-state index in [2.05, 4.69) is 50.6 Å². The smallest absolute Gasteiger partial charge is 0.0837 e. The van der Waals surface area contributed by atoms with Gasteiger partial charge in [-0.2, -0.15) is 0 Å². The van der Waals surface area contributed by atoms with Crippen LogP contribution < -0.4 is 24.0 Å². The topological polar surface area (TPSA) is 0 Å². The molecule has 74 valence electrons. The molecule has 0 heterocycles. The van der Waals surface area contributed by atoms with Crippen LogP contribution in [0.1, 0.15) is 12.5 Å². The lowest BCUT2D eigenvalue weighted by atomic mass is 10.2.